The summed E-state index contributed by atoms with van der Waals surface area (Å²) in [6.07, 6.45) is 9.14. The fourth-order valence-corrected chi connectivity index (χ4v) is 3.00. The van der Waals surface area contributed by atoms with E-state index in [0.717, 1.165) is 56.4 Å². The van der Waals surface area contributed by atoms with Crippen LogP contribution in [0.4, 0.5) is 5.69 Å². The SMILES string of the molecule is CCCCCNC(=O)c1ccccc1N1CCC(CCCCC)=N1. The first kappa shape index (κ1) is 18.5. The zero-order valence-electron chi connectivity index (χ0n) is 15.2. The number of para-hydroxylation sites is 1. The molecule has 1 aromatic carbocycles. The highest BCUT2D eigenvalue weighted by atomic mass is 16.1. The van der Waals surface area contributed by atoms with Crippen molar-refractivity contribution in [1.82, 2.24) is 5.32 Å². The van der Waals surface area contributed by atoms with E-state index in [-0.39, 0.29) is 5.91 Å². The molecule has 4 heteroatoms. The first-order valence-corrected chi connectivity index (χ1v) is 9.47. The summed E-state index contributed by atoms with van der Waals surface area (Å²) in [7, 11) is 0. The lowest BCUT2D eigenvalue weighted by Crippen LogP contribution is -2.26. The number of benzene rings is 1. The number of unbranched alkanes of at least 4 members (excludes halogenated alkanes) is 4. The number of carbonyl (C=O) groups excluding carboxylic acids is 1. The third-order valence-corrected chi connectivity index (χ3v) is 4.44. The van der Waals surface area contributed by atoms with Crippen molar-refractivity contribution in [3.8, 4) is 0 Å². The van der Waals surface area contributed by atoms with Gasteiger partial charge in [0.1, 0.15) is 0 Å². The standard InChI is InChI=1S/C20H31N3O/c1-3-5-7-11-17-14-16-23(22-17)19-13-9-8-12-18(19)20(24)21-15-10-6-4-2/h8-9,12-13H,3-7,10-11,14-16H2,1-2H3,(H,21,24). The van der Waals surface area contributed by atoms with Crippen LogP contribution >= 0.6 is 0 Å². The van der Waals surface area contributed by atoms with Gasteiger partial charge in [0, 0.05) is 25.2 Å². The molecular weight excluding hydrogens is 298 g/mol. The molecule has 132 valence electrons. The van der Waals surface area contributed by atoms with Gasteiger partial charge in [-0.1, -0.05) is 51.7 Å². The van der Waals surface area contributed by atoms with Gasteiger partial charge in [-0.2, -0.15) is 5.10 Å². The average molecular weight is 329 g/mol. The van der Waals surface area contributed by atoms with E-state index >= 15 is 0 Å². The fraction of sp³-hybridized carbons (Fsp3) is 0.600. The van der Waals surface area contributed by atoms with Crippen molar-refractivity contribution in [2.24, 2.45) is 5.10 Å². The van der Waals surface area contributed by atoms with Crippen LogP contribution in [0.1, 0.15) is 75.6 Å². The van der Waals surface area contributed by atoms with Crippen LogP contribution in [0, 0.1) is 0 Å². The first-order chi connectivity index (χ1) is 11.8. The molecule has 1 aliphatic heterocycles. The zero-order chi connectivity index (χ0) is 17.2. The second kappa shape index (κ2) is 10.1. The first-order valence-electron chi connectivity index (χ1n) is 9.47. The van der Waals surface area contributed by atoms with E-state index in [1.807, 2.05) is 29.3 Å². The Balaban J connectivity index is 1.99. The molecule has 0 saturated heterocycles. The van der Waals surface area contributed by atoms with E-state index in [1.54, 1.807) is 0 Å². The van der Waals surface area contributed by atoms with Crippen molar-refractivity contribution >= 4 is 17.3 Å². The molecule has 0 atom stereocenters. The van der Waals surface area contributed by atoms with E-state index in [9.17, 15) is 4.79 Å². The van der Waals surface area contributed by atoms with Crippen molar-refractivity contribution in [3.63, 3.8) is 0 Å². The van der Waals surface area contributed by atoms with Crippen molar-refractivity contribution in [2.45, 2.75) is 65.2 Å². The normalized spacial score (nSPS) is 13.9. The Hall–Kier alpha value is -1.84. The minimum Gasteiger partial charge on any atom is -0.352 e. The third-order valence-electron chi connectivity index (χ3n) is 4.44. The van der Waals surface area contributed by atoms with Gasteiger partial charge >= 0.3 is 0 Å². The molecule has 1 heterocycles. The predicted octanol–water partition coefficient (Wildman–Crippen LogP) is 4.75. The molecule has 2 rings (SSSR count). The van der Waals surface area contributed by atoms with Crippen LogP contribution < -0.4 is 10.3 Å². The largest absolute Gasteiger partial charge is 0.352 e. The smallest absolute Gasteiger partial charge is 0.253 e. The summed E-state index contributed by atoms with van der Waals surface area (Å²) in [5.41, 5.74) is 2.92. The highest BCUT2D eigenvalue weighted by Gasteiger charge is 2.20. The molecule has 1 aromatic rings. The maximum atomic E-state index is 12.5. The molecular formula is C20H31N3O. The number of anilines is 1. The number of amides is 1. The number of hydrogen-bond acceptors (Lipinski definition) is 3. The molecule has 1 aliphatic rings. The summed E-state index contributed by atoms with van der Waals surface area (Å²) in [5, 5.41) is 9.79. The molecule has 1 amide bonds. The van der Waals surface area contributed by atoms with Gasteiger partial charge in [0.2, 0.25) is 0 Å². The van der Waals surface area contributed by atoms with Crippen LogP contribution in [-0.2, 0) is 0 Å². The molecule has 0 bridgehead atoms. The van der Waals surface area contributed by atoms with Gasteiger partial charge < -0.3 is 5.32 Å². The quantitative estimate of drug-likeness (QED) is 0.629. The minimum absolute atomic E-state index is 0.0105. The fourth-order valence-electron chi connectivity index (χ4n) is 3.00. The van der Waals surface area contributed by atoms with Gasteiger partial charge in [-0.25, -0.2) is 0 Å². The molecule has 1 N–H and O–H groups in total. The lowest BCUT2D eigenvalue weighted by atomic mass is 10.1. The molecule has 0 radical (unpaired) electrons. The summed E-state index contributed by atoms with van der Waals surface area (Å²) >= 11 is 0. The van der Waals surface area contributed by atoms with Crippen LogP contribution in [0.3, 0.4) is 0 Å². The summed E-state index contributed by atoms with van der Waals surface area (Å²) in [5.74, 6) is 0.0105. The van der Waals surface area contributed by atoms with Gasteiger partial charge in [-0.05, 0) is 31.4 Å². The number of hydrazone groups is 1. The van der Waals surface area contributed by atoms with Crippen molar-refractivity contribution in [2.75, 3.05) is 18.1 Å². The number of carbonyl (C=O) groups is 1. The van der Waals surface area contributed by atoms with E-state index < -0.39 is 0 Å². The molecule has 0 fully saturated rings. The summed E-state index contributed by atoms with van der Waals surface area (Å²) in [6, 6.07) is 7.80. The maximum Gasteiger partial charge on any atom is 0.253 e. The Kier molecular flexibility index (Phi) is 7.80. The predicted molar refractivity (Wildman–Crippen MR) is 102 cm³/mol. The number of nitrogens with zero attached hydrogens (tertiary/aromatic N) is 2. The Bertz CT molecular complexity index is 554. The maximum absolute atomic E-state index is 12.5. The van der Waals surface area contributed by atoms with Gasteiger partial charge in [-0.15, -0.1) is 0 Å². The molecule has 4 nitrogen and oxygen atoms in total. The van der Waals surface area contributed by atoms with Gasteiger partial charge in [0.15, 0.2) is 0 Å². The van der Waals surface area contributed by atoms with Crippen molar-refractivity contribution in [3.05, 3.63) is 29.8 Å². The summed E-state index contributed by atoms with van der Waals surface area (Å²) in [6.45, 7) is 6.01. The highest BCUT2D eigenvalue weighted by Crippen LogP contribution is 2.25. The summed E-state index contributed by atoms with van der Waals surface area (Å²) < 4.78 is 0. The lowest BCUT2D eigenvalue weighted by molar-refractivity contribution is 0.0953. The van der Waals surface area contributed by atoms with E-state index in [2.05, 4.69) is 19.2 Å². The van der Waals surface area contributed by atoms with Gasteiger partial charge in [-0.3, -0.25) is 9.80 Å². The molecule has 0 unspecified atom stereocenters. The topological polar surface area (TPSA) is 44.7 Å². The molecule has 0 aromatic heterocycles. The Morgan fingerprint density at radius 3 is 2.67 bits per heavy atom. The van der Waals surface area contributed by atoms with Crippen LogP contribution in [-0.4, -0.2) is 24.7 Å². The lowest BCUT2D eigenvalue weighted by Gasteiger charge is -2.17. The van der Waals surface area contributed by atoms with E-state index in [4.69, 9.17) is 5.10 Å². The summed E-state index contributed by atoms with van der Waals surface area (Å²) in [4.78, 5) is 12.5. The Morgan fingerprint density at radius 1 is 1.12 bits per heavy atom. The second-order valence-corrected chi connectivity index (χ2v) is 6.48. The molecule has 0 aliphatic carbocycles. The van der Waals surface area contributed by atoms with Crippen LogP contribution in [0.25, 0.3) is 0 Å². The zero-order valence-corrected chi connectivity index (χ0v) is 15.2. The molecule has 0 spiro atoms. The minimum atomic E-state index is 0.0105. The number of hydrogen-bond donors (Lipinski definition) is 1. The molecule has 24 heavy (non-hydrogen) atoms. The third kappa shape index (κ3) is 5.36. The van der Waals surface area contributed by atoms with Crippen molar-refractivity contribution < 1.29 is 4.79 Å². The van der Waals surface area contributed by atoms with Gasteiger partial charge in [0.25, 0.3) is 5.91 Å². The van der Waals surface area contributed by atoms with Gasteiger partial charge in [0.05, 0.1) is 11.3 Å². The average Bonchev–Trinajstić information content (AvgIpc) is 3.07. The van der Waals surface area contributed by atoms with E-state index in [0.29, 0.717) is 0 Å². The Labute approximate surface area is 146 Å². The number of nitrogens with one attached hydrogen (secondary N) is 1. The monoisotopic (exact) mass is 329 g/mol. The second-order valence-electron chi connectivity index (χ2n) is 6.48. The molecule has 0 saturated carbocycles. The van der Waals surface area contributed by atoms with Crippen LogP contribution in [0.15, 0.2) is 29.4 Å². The van der Waals surface area contributed by atoms with Crippen molar-refractivity contribution in [1.29, 1.82) is 0 Å². The van der Waals surface area contributed by atoms with E-state index in [1.165, 1.54) is 25.0 Å². The highest BCUT2D eigenvalue weighted by molar-refractivity contribution is 6.00. The van der Waals surface area contributed by atoms with Crippen LogP contribution in [0.2, 0.25) is 0 Å². The van der Waals surface area contributed by atoms with Crippen LogP contribution in [0.5, 0.6) is 0 Å². The Morgan fingerprint density at radius 2 is 1.88 bits per heavy atom. The number of rotatable bonds is 10.